The first-order valence-corrected chi connectivity index (χ1v) is 6.11. The molecule has 1 amide bonds. The average Bonchev–Trinajstić information content (AvgIpc) is 2.80. The minimum atomic E-state index is -0.187. The molecule has 2 aromatic heterocycles. The Morgan fingerprint density at radius 2 is 2.37 bits per heavy atom. The fourth-order valence-electron chi connectivity index (χ4n) is 1.92. The van der Waals surface area contributed by atoms with E-state index >= 15 is 0 Å². The second-order valence-corrected chi connectivity index (χ2v) is 4.81. The van der Waals surface area contributed by atoms with Crippen LogP contribution in [0.15, 0.2) is 24.5 Å². The van der Waals surface area contributed by atoms with Crippen LogP contribution in [0.25, 0.3) is 5.65 Å². The van der Waals surface area contributed by atoms with Gasteiger partial charge in [0.1, 0.15) is 11.3 Å². The molecule has 2 heterocycles. The molecule has 98 valence electrons. The summed E-state index contributed by atoms with van der Waals surface area (Å²) in [6.07, 6.45) is 3.59. The van der Waals surface area contributed by atoms with E-state index in [0.29, 0.717) is 12.2 Å². The normalized spacial score (nSPS) is 12.1. The molecule has 5 heteroatoms. The molecule has 0 aliphatic carbocycles. The van der Waals surface area contributed by atoms with Crippen molar-refractivity contribution in [2.45, 2.75) is 13.8 Å². The predicted molar refractivity (Wildman–Crippen MR) is 71.7 cm³/mol. The van der Waals surface area contributed by atoms with Crippen LogP contribution in [0.2, 0.25) is 0 Å². The number of rotatable bonds is 3. The number of nitriles is 1. The molecule has 0 aromatic carbocycles. The van der Waals surface area contributed by atoms with Gasteiger partial charge in [0, 0.05) is 26.0 Å². The Labute approximate surface area is 112 Å². The first kappa shape index (κ1) is 13.1. The molecular formula is C14H16N4O. The van der Waals surface area contributed by atoms with Gasteiger partial charge in [0.2, 0.25) is 0 Å². The third-order valence-electron chi connectivity index (χ3n) is 2.95. The number of carbonyl (C=O) groups excluding carboxylic acids is 1. The molecule has 1 atom stereocenters. The number of hydrogen-bond acceptors (Lipinski definition) is 3. The van der Waals surface area contributed by atoms with Gasteiger partial charge in [-0.3, -0.25) is 4.79 Å². The largest absolute Gasteiger partial charge is 0.339 e. The minimum absolute atomic E-state index is 0.163. The predicted octanol–water partition coefficient (Wildman–Crippen LogP) is 1.87. The molecule has 0 saturated heterocycles. The van der Waals surface area contributed by atoms with Gasteiger partial charge >= 0.3 is 0 Å². The zero-order chi connectivity index (χ0) is 14.0. The monoisotopic (exact) mass is 256 g/mol. The van der Waals surface area contributed by atoms with Crippen LogP contribution in [0.3, 0.4) is 0 Å². The van der Waals surface area contributed by atoms with Crippen molar-refractivity contribution >= 4 is 11.6 Å². The van der Waals surface area contributed by atoms with E-state index in [0.717, 1.165) is 11.2 Å². The summed E-state index contributed by atoms with van der Waals surface area (Å²) in [6, 6.07) is 6.00. The zero-order valence-corrected chi connectivity index (χ0v) is 11.3. The van der Waals surface area contributed by atoms with E-state index in [1.165, 1.54) is 4.90 Å². The summed E-state index contributed by atoms with van der Waals surface area (Å²) < 4.78 is 1.82. The lowest BCUT2D eigenvalue weighted by atomic mass is 10.2. The van der Waals surface area contributed by atoms with Gasteiger partial charge in [0.05, 0.1) is 12.0 Å². The van der Waals surface area contributed by atoms with Gasteiger partial charge in [0.15, 0.2) is 0 Å². The van der Waals surface area contributed by atoms with Crippen molar-refractivity contribution in [3.63, 3.8) is 0 Å². The van der Waals surface area contributed by atoms with Crippen LogP contribution < -0.4 is 0 Å². The Bertz CT molecular complexity index is 653. The third kappa shape index (κ3) is 2.74. The van der Waals surface area contributed by atoms with Crippen LogP contribution >= 0.6 is 0 Å². The Balaban J connectivity index is 2.24. The van der Waals surface area contributed by atoms with Crippen LogP contribution in [0.4, 0.5) is 0 Å². The lowest BCUT2D eigenvalue weighted by Crippen LogP contribution is -2.30. The maximum atomic E-state index is 12.2. The van der Waals surface area contributed by atoms with Gasteiger partial charge in [-0.2, -0.15) is 5.26 Å². The summed E-state index contributed by atoms with van der Waals surface area (Å²) in [5.41, 5.74) is 2.26. The maximum absolute atomic E-state index is 12.2. The molecule has 0 saturated carbocycles. The molecule has 19 heavy (non-hydrogen) atoms. The van der Waals surface area contributed by atoms with E-state index < -0.39 is 0 Å². The number of amides is 1. The second-order valence-electron chi connectivity index (χ2n) is 4.81. The summed E-state index contributed by atoms with van der Waals surface area (Å²) >= 11 is 0. The minimum Gasteiger partial charge on any atom is -0.339 e. The molecule has 0 N–H and O–H groups in total. The first-order valence-electron chi connectivity index (χ1n) is 6.11. The quantitative estimate of drug-likeness (QED) is 0.842. The number of aryl methyl sites for hydroxylation is 1. The third-order valence-corrected chi connectivity index (χ3v) is 2.95. The Kier molecular flexibility index (Phi) is 3.52. The van der Waals surface area contributed by atoms with E-state index in [2.05, 4.69) is 11.1 Å². The standard InChI is InChI=1S/C14H16N4O/c1-10-4-5-18-9-12(16-13(18)6-10)14(19)17(3)8-11(2)7-15/h4-6,9,11H,8H2,1-3H3/t11-/m0/s1. The van der Waals surface area contributed by atoms with Gasteiger partial charge < -0.3 is 9.30 Å². The summed E-state index contributed by atoms with van der Waals surface area (Å²) in [6.45, 7) is 4.18. The molecule has 2 rings (SSSR count). The van der Waals surface area contributed by atoms with Crippen molar-refractivity contribution in [1.82, 2.24) is 14.3 Å². The molecule has 5 nitrogen and oxygen atoms in total. The fraction of sp³-hybridized carbons (Fsp3) is 0.357. The highest BCUT2D eigenvalue weighted by Gasteiger charge is 2.17. The summed E-state index contributed by atoms with van der Waals surface area (Å²) in [7, 11) is 1.69. The topological polar surface area (TPSA) is 61.4 Å². The highest BCUT2D eigenvalue weighted by atomic mass is 16.2. The number of nitrogens with zero attached hydrogens (tertiary/aromatic N) is 4. The SMILES string of the molecule is Cc1ccn2cc(C(=O)N(C)C[C@@H](C)C#N)nc2c1. The van der Waals surface area contributed by atoms with Crippen LogP contribution in [0.1, 0.15) is 23.0 Å². The van der Waals surface area contributed by atoms with E-state index in [4.69, 9.17) is 5.26 Å². The molecule has 0 spiro atoms. The smallest absolute Gasteiger partial charge is 0.273 e. The highest BCUT2D eigenvalue weighted by Crippen LogP contribution is 2.10. The summed E-state index contributed by atoms with van der Waals surface area (Å²) in [4.78, 5) is 18.0. The Hall–Kier alpha value is -2.35. The number of pyridine rings is 1. The zero-order valence-electron chi connectivity index (χ0n) is 11.3. The second kappa shape index (κ2) is 5.11. The number of imidazole rings is 1. The lowest BCUT2D eigenvalue weighted by Gasteiger charge is -2.16. The van der Waals surface area contributed by atoms with Crippen molar-refractivity contribution in [2.24, 2.45) is 5.92 Å². The van der Waals surface area contributed by atoms with Gasteiger partial charge in [-0.05, 0) is 31.5 Å². The molecule has 0 radical (unpaired) electrons. The molecule has 0 aliphatic rings. The Morgan fingerprint density at radius 1 is 1.63 bits per heavy atom. The number of aromatic nitrogens is 2. The van der Waals surface area contributed by atoms with Crippen LogP contribution in [0.5, 0.6) is 0 Å². The van der Waals surface area contributed by atoms with E-state index in [1.807, 2.05) is 29.7 Å². The van der Waals surface area contributed by atoms with E-state index in [9.17, 15) is 4.79 Å². The first-order chi connectivity index (χ1) is 9.01. The van der Waals surface area contributed by atoms with Crippen LogP contribution in [-0.2, 0) is 0 Å². The van der Waals surface area contributed by atoms with Gasteiger partial charge in [-0.1, -0.05) is 0 Å². The van der Waals surface area contributed by atoms with Crippen molar-refractivity contribution in [3.8, 4) is 6.07 Å². The summed E-state index contributed by atoms with van der Waals surface area (Å²) in [5.74, 6) is -0.350. The molecular weight excluding hydrogens is 240 g/mol. The van der Waals surface area contributed by atoms with Crippen molar-refractivity contribution < 1.29 is 4.79 Å². The van der Waals surface area contributed by atoms with Crippen molar-refractivity contribution in [3.05, 3.63) is 35.8 Å². The van der Waals surface area contributed by atoms with Crippen LogP contribution in [0, 0.1) is 24.2 Å². The van der Waals surface area contributed by atoms with Gasteiger partial charge in [0.25, 0.3) is 5.91 Å². The van der Waals surface area contributed by atoms with Crippen molar-refractivity contribution in [1.29, 1.82) is 5.26 Å². The highest BCUT2D eigenvalue weighted by molar-refractivity contribution is 5.92. The molecule has 0 aliphatic heterocycles. The fourth-order valence-corrected chi connectivity index (χ4v) is 1.92. The van der Waals surface area contributed by atoms with Crippen molar-refractivity contribution in [2.75, 3.05) is 13.6 Å². The van der Waals surface area contributed by atoms with Crippen LogP contribution in [-0.4, -0.2) is 33.8 Å². The molecule has 0 fully saturated rings. The molecule has 0 unspecified atom stereocenters. The van der Waals surface area contributed by atoms with E-state index in [1.54, 1.807) is 20.2 Å². The molecule has 2 aromatic rings. The number of hydrogen-bond donors (Lipinski definition) is 0. The maximum Gasteiger partial charge on any atom is 0.273 e. The number of carbonyl (C=O) groups is 1. The van der Waals surface area contributed by atoms with Gasteiger partial charge in [-0.25, -0.2) is 4.98 Å². The summed E-state index contributed by atoms with van der Waals surface area (Å²) in [5, 5.41) is 8.77. The van der Waals surface area contributed by atoms with E-state index in [-0.39, 0.29) is 11.8 Å². The molecule has 0 bridgehead atoms. The Morgan fingerprint density at radius 3 is 3.05 bits per heavy atom. The lowest BCUT2D eigenvalue weighted by molar-refractivity contribution is 0.0780. The van der Waals surface area contributed by atoms with Gasteiger partial charge in [-0.15, -0.1) is 0 Å². The number of fused-ring (bicyclic) bond motifs is 1. The average molecular weight is 256 g/mol.